The lowest BCUT2D eigenvalue weighted by Crippen LogP contribution is -2.52. The summed E-state index contributed by atoms with van der Waals surface area (Å²) in [5.74, 6) is 3.95. The molecule has 8 atom stereocenters. The van der Waals surface area contributed by atoms with Crippen molar-refractivity contribution in [3.05, 3.63) is 0 Å². The van der Waals surface area contributed by atoms with Crippen molar-refractivity contribution in [3.63, 3.8) is 0 Å². The number of rotatable bonds is 2. The van der Waals surface area contributed by atoms with Crippen molar-refractivity contribution in [2.24, 2.45) is 46.8 Å². The molecule has 0 amide bonds. The number of aliphatic hydroxyl groups excluding tert-OH is 1. The normalized spacial score (nSPS) is 50.8. The SMILES string of the molecule is CC1CCC2C(C1)C(=O)CC1C2CCC2(C)C(C(=O)CO)CCC12. The molecule has 1 N–H and O–H groups in total. The summed E-state index contributed by atoms with van der Waals surface area (Å²) in [6, 6.07) is 0. The fourth-order valence-electron chi connectivity index (χ4n) is 7.45. The molecule has 3 nitrogen and oxygen atoms in total. The Morgan fingerprint density at radius 1 is 1.12 bits per heavy atom. The predicted molar refractivity (Wildman–Crippen MR) is 92.2 cm³/mol. The number of carbonyl (C=O) groups excluding carboxylic acids is 2. The molecule has 0 saturated heterocycles. The standard InChI is InChI=1S/C21H32O3/c1-12-3-4-13-14-7-8-21(2)17(5-6-18(21)20(24)11-22)15(14)10-19(23)16(13)9-12/h12-18,22H,3-11H2,1-2H3. The molecule has 0 aromatic carbocycles. The number of ketones is 2. The molecule has 4 fully saturated rings. The summed E-state index contributed by atoms with van der Waals surface area (Å²) in [6.45, 7) is 4.26. The van der Waals surface area contributed by atoms with E-state index in [1.54, 1.807) is 0 Å². The van der Waals surface area contributed by atoms with Crippen LogP contribution in [0.5, 0.6) is 0 Å². The Hall–Kier alpha value is -0.700. The van der Waals surface area contributed by atoms with Crippen molar-refractivity contribution >= 4 is 11.6 Å². The lowest BCUT2D eigenvalue weighted by molar-refractivity contribution is -0.144. The first-order valence-electron chi connectivity index (χ1n) is 10.1. The van der Waals surface area contributed by atoms with Crippen LogP contribution in [0.1, 0.15) is 65.2 Å². The lowest BCUT2D eigenvalue weighted by Gasteiger charge is -2.55. The van der Waals surface area contributed by atoms with Gasteiger partial charge in [0, 0.05) is 18.3 Å². The van der Waals surface area contributed by atoms with Gasteiger partial charge in [-0.05, 0) is 73.5 Å². The van der Waals surface area contributed by atoms with Crippen LogP contribution in [0.25, 0.3) is 0 Å². The van der Waals surface area contributed by atoms with E-state index in [1.807, 2.05) is 0 Å². The molecule has 0 aromatic rings. The second-order valence-electron chi connectivity index (χ2n) is 9.59. The van der Waals surface area contributed by atoms with Gasteiger partial charge in [-0.15, -0.1) is 0 Å². The Kier molecular flexibility index (Phi) is 4.14. The molecular weight excluding hydrogens is 300 g/mol. The van der Waals surface area contributed by atoms with E-state index in [2.05, 4.69) is 13.8 Å². The molecule has 4 saturated carbocycles. The Balaban J connectivity index is 1.60. The number of carbonyl (C=O) groups is 2. The summed E-state index contributed by atoms with van der Waals surface area (Å²) in [4.78, 5) is 25.1. The number of aliphatic hydroxyl groups is 1. The highest BCUT2D eigenvalue weighted by Crippen LogP contribution is 2.63. The van der Waals surface area contributed by atoms with E-state index >= 15 is 0 Å². The number of Topliss-reactive ketones (excluding diaryl/α,β-unsaturated/α-hetero) is 2. The molecule has 3 heteroatoms. The Morgan fingerprint density at radius 2 is 1.92 bits per heavy atom. The van der Waals surface area contributed by atoms with Crippen LogP contribution in [-0.2, 0) is 9.59 Å². The summed E-state index contributed by atoms with van der Waals surface area (Å²) >= 11 is 0. The highest BCUT2D eigenvalue weighted by molar-refractivity contribution is 5.84. The number of hydrogen-bond donors (Lipinski definition) is 1. The molecule has 24 heavy (non-hydrogen) atoms. The minimum Gasteiger partial charge on any atom is -0.389 e. The molecule has 0 spiro atoms. The van der Waals surface area contributed by atoms with E-state index in [0.29, 0.717) is 41.3 Å². The first-order valence-corrected chi connectivity index (χ1v) is 10.1. The van der Waals surface area contributed by atoms with Crippen LogP contribution in [0.4, 0.5) is 0 Å². The Morgan fingerprint density at radius 3 is 2.67 bits per heavy atom. The molecule has 4 rings (SSSR count). The van der Waals surface area contributed by atoms with Crippen molar-refractivity contribution < 1.29 is 14.7 Å². The maximum Gasteiger partial charge on any atom is 0.161 e. The van der Waals surface area contributed by atoms with E-state index in [4.69, 9.17) is 0 Å². The van der Waals surface area contributed by atoms with Gasteiger partial charge in [-0.25, -0.2) is 0 Å². The van der Waals surface area contributed by atoms with Crippen LogP contribution in [0.15, 0.2) is 0 Å². The van der Waals surface area contributed by atoms with Gasteiger partial charge in [0.25, 0.3) is 0 Å². The zero-order valence-electron chi connectivity index (χ0n) is 15.2. The molecule has 4 aliphatic rings. The summed E-state index contributed by atoms with van der Waals surface area (Å²) in [6.07, 6.45) is 8.70. The zero-order chi connectivity index (χ0) is 17.1. The quantitative estimate of drug-likeness (QED) is 0.840. The van der Waals surface area contributed by atoms with Crippen LogP contribution < -0.4 is 0 Å². The molecule has 4 aliphatic carbocycles. The fraction of sp³-hybridized carbons (Fsp3) is 0.905. The third-order valence-corrected chi connectivity index (χ3v) is 8.60. The summed E-state index contributed by atoms with van der Waals surface area (Å²) in [5, 5.41) is 9.35. The van der Waals surface area contributed by atoms with Crippen molar-refractivity contribution in [3.8, 4) is 0 Å². The molecular formula is C21H32O3. The molecule has 0 aromatic heterocycles. The molecule has 8 unspecified atom stereocenters. The smallest absolute Gasteiger partial charge is 0.161 e. The maximum atomic E-state index is 12.9. The van der Waals surface area contributed by atoms with Crippen LogP contribution in [-0.4, -0.2) is 23.3 Å². The molecule has 0 bridgehead atoms. The van der Waals surface area contributed by atoms with Crippen molar-refractivity contribution in [2.45, 2.75) is 65.2 Å². The van der Waals surface area contributed by atoms with Crippen molar-refractivity contribution in [1.82, 2.24) is 0 Å². The third-order valence-electron chi connectivity index (χ3n) is 8.60. The lowest BCUT2D eigenvalue weighted by atomic mass is 9.49. The second kappa shape index (κ2) is 5.93. The van der Waals surface area contributed by atoms with Gasteiger partial charge in [0.2, 0.25) is 0 Å². The van der Waals surface area contributed by atoms with Gasteiger partial charge in [-0.2, -0.15) is 0 Å². The van der Waals surface area contributed by atoms with Crippen molar-refractivity contribution in [1.29, 1.82) is 0 Å². The Bertz CT molecular complexity index is 541. The summed E-state index contributed by atoms with van der Waals surface area (Å²) in [5.41, 5.74) is 0.0239. The first-order chi connectivity index (χ1) is 11.5. The summed E-state index contributed by atoms with van der Waals surface area (Å²) in [7, 11) is 0. The van der Waals surface area contributed by atoms with E-state index in [1.165, 1.54) is 19.3 Å². The highest BCUT2D eigenvalue weighted by atomic mass is 16.3. The monoisotopic (exact) mass is 332 g/mol. The minimum atomic E-state index is -0.317. The average Bonchev–Trinajstić information content (AvgIpc) is 2.92. The van der Waals surface area contributed by atoms with Gasteiger partial charge in [0.1, 0.15) is 12.4 Å². The summed E-state index contributed by atoms with van der Waals surface area (Å²) < 4.78 is 0. The van der Waals surface area contributed by atoms with E-state index < -0.39 is 0 Å². The van der Waals surface area contributed by atoms with E-state index in [9.17, 15) is 14.7 Å². The highest BCUT2D eigenvalue weighted by Gasteiger charge is 2.59. The van der Waals surface area contributed by atoms with Gasteiger partial charge >= 0.3 is 0 Å². The van der Waals surface area contributed by atoms with Crippen LogP contribution in [0, 0.1) is 46.8 Å². The third kappa shape index (κ3) is 2.34. The van der Waals surface area contributed by atoms with Gasteiger partial charge in [-0.3, -0.25) is 9.59 Å². The first kappa shape index (κ1) is 16.8. The predicted octanol–water partition coefficient (Wildman–Crippen LogP) is 3.63. The van der Waals surface area contributed by atoms with Crippen LogP contribution >= 0.6 is 0 Å². The van der Waals surface area contributed by atoms with E-state index in [-0.39, 0.29) is 23.7 Å². The molecule has 0 radical (unpaired) electrons. The maximum absolute atomic E-state index is 12.9. The molecule has 134 valence electrons. The number of hydrogen-bond acceptors (Lipinski definition) is 3. The Labute approximate surface area is 145 Å². The average molecular weight is 332 g/mol. The van der Waals surface area contributed by atoms with Gasteiger partial charge in [0.15, 0.2) is 5.78 Å². The van der Waals surface area contributed by atoms with Crippen LogP contribution in [0.2, 0.25) is 0 Å². The molecule has 0 aliphatic heterocycles. The second-order valence-corrected chi connectivity index (χ2v) is 9.59. The van der Waals surface area contributed by atoms with Gasteiger partial charge in [0.05, 0.1) is 0 Å². The van der Waals surface area contributed by atoms with Gasteiger partial charge in [-0.1, -0.05) is 20.3 Å². The van der Waals surface area contributed by atoms with E-state index in [0.717, 1.165) is 32.1 Å². The molecule has 0 heterocycles. The van der Waals surface area contributed by atoms with Gasteiger partial charge < -0.3 is 5.11 Å². The minimum absolute atomic E-state index is 0.0210. The number of fused-ring (bicyclic) bond motifs is 5. The topological polar surface area (TPSA) is 54.4 Å². The largest absolute Gasteiger partial charge is 0.389 e. The van der Waals surface area contributed by atoms with Crippen molar-refractivity contribution in [2.75, 3.05) is 6.61 Å². The van der Waals surface area contributed by atoms with Crippen LogP contribution in [0.3, 0.4) is 0 Å². The zero-order valence-corrected chi connectivity index (χ0v) is 15.2. The fourth-order valence-corrected chi connectivity index (χ4v) is 7.45.